The molecule has 6 nitrogen and oxygen atoms in total. The van der Waals surface area contributed by atoms with E-state index in [0.29, 0.717) is 5.95 Å². The molecule has 6 rings (SSSR count). The Morgan fingerprint density at radius 1 is 1.00 bits per heavy atom. The predicted octanol–water partition coefficient (Wildman–Crippen LogP) is 4.44. The highest BCUT2D eigenvalue weighted by Gasteiger charge is 2.26. The van der Waals surface area contributed by atoms with Crippen LogP contribution in [-0.2, 0) is 19.5 Å². The molecular weight excluding hydrogens is 430 g/mol. The number of benzene rings is 3. The molecule has 3 N–H and O–H groups in total. The van der Waals surface area contributed by atoms with Gasteiger partial charge >= 0.3 is 0 Å². The monoisotopic (exact) mass is 453 g/mol. The Morgan fingerprint density at radius 3 is 2.64 bits per heavy atom. The van der Waals surface area contributed by atoms with Crippen molar-refractivity contribution in [2.75, 3.05) is 12.0 Å². The first-order valence-corrected chi connectivity index (χ1v) is 11.8. The number of hydrogen-bond acceptors (Lipinski definition) is 6. The lowest BCUT2D eigenvalue weighted by Crippen LogP contribution is -2.30. The Bertz CT molecular complexity index is 1530. The van der Waals surface area contributed by atoms with E-state index in [0.717, 1.165) is 58.3 Å². The van der Waals surface area contributed by atoms with Gasteiger partial charge in [-0.25, -0.2) is 15.4 Å². The van der Waals surface area contributed by atoms with Crippen molar-refractivity contribution in [3.63, 3.8) is 0 Å². The van der Waals surface area contributed by atoms with Gasteiger partial charge in [0.1, 0.15) is 4.83 Å². The fourth-order valence-corrected chi connectivity index (χ4v) is 6.05. The number of hydrazine groups is 1. The summed E-state index contributed by atoms with van der Waals surface area (Å²) in [6.07, 6.45) is 0.837. The second kappa shape index (κ2) is 8.12. The second-order valence-electron chi connectivity index (χ2n) is 8.35. The molecule has 7 heteroatoms. The van der Waals surface area contributed by atoms with Crippen molar-refractivity contribution in [3.8, 4) is 5.69 Å². The first-order valence-electron chi connectivity index (χ1n) is 11.0. The fourth-order valence-electron chi connectivity index (χ4n) is 4.80. The van der Waals surface area contributed by atoms with Crippen LogP contribution in [0.3, 0.4) is 0 Å². The number of hydrogen-bond donors (Lipinski definition) is 2. The van der Waals surface area contributed by atoms with E-state index in [1.807, 2.05) is 48.5 Å². The van der Waals surface area contributed by atoms with E-state index >= 15 is 0 Å². The zero-order chi connectivity index (χ0) is 22.4. The van der Waals surface area contributed by atoms with Crippen LogP contribution in [0.4, 0.5) is 5.95 Å². The molecule has 5 aromatic rings. The van der Waals surface area contributed by atoms with E-state index in [2.05, 4.69) is 34.6 Å². The molecule has 0 spiro atoms. The van der Waals surface area contributed by atoms with Crippen LogP contribution in [-0.4, -0.2) is 21.0 Å². The summed E-state index contributed by atoms with van der Waals surface area (Å²) in [4.78, 5) is 23.1. The number of nitrogen functional groups attached to an aromatic ring is 1. The summed E-state index contributed by atoms with van der Waals surface area (Å²) in [5.74, 6) is 6.20. The molecular formula is C26H23N5OS. The Kier molecular flexibility index (Phi) is 4.95. The van der Waals surface area contributed by atoms with Gasteiger partial charge in [0.05, 0.1) is 11.1 Å². The third-order valence-electron chi connectivity index (χ3n) is 6.34. The normalized spacial score (nSPS) is 14.0. The van der Waals surface area contributed by atoms with Gasteiger partial charge in [0, 0.05) is 29.9 Å². The summed E-state index contributed by atoms with van der Waals surface area (Å²) in [5, 5.41) is 2.77. The number of rotatable bonds is 4. The molecule has 2 aromatic heterocycles. The zero-order valence-corrected chi connectivity index (χ0v) is 18.8. The van der Waals surface area contributed by atoms with Crippen LogP contribution in [0.2, 0.25) is 0 Å². The van der Waals surface area contributed by atoms with Gasteiger partial charge in [-0.15, -0.1) is 11.3 Å². The Morgan fingerprint density at radius 2 is 1.79 bits per heavy atom. The molecule has 0 amide bonds. The molecule has 0 atom stereocenters. The van der Waals surface area contributed by atoms with Crippen molar-refractivity contribution in [1.29, 1.82) is 0 Å². The summed E-state index contributed by atoms with van der Waals surface area (Å²) in [5.41, 5.74) is 5.80. The Hall–Kier alpha value is -3.52. The number of thiophene rings is 1. The van der Waals surface area contributed by atoms with Crippen LogP contribution in [0.25, 0.3) is 26.7 Å². The van der Waals surface area contributed by atoms with Gasteiger partial charge in [-0.05, 0) is 29.0 Å². The molecule has 3 heterocycles. The summed E-state index contributed by atoms with van der Waals surface area (Å²) < 4.78 is 1.62. The number of fused-ring (bicyclic) bond motifs is 4. The van der Waals surface area contributed by atoms with Gasteiger partial charge in [0.25, 0.3) is 5.56 Å². The van der Waals surface area contributed by atoms with Crippen molar-refractivity contribution < 1.29 is 0 Å². The molecule has 0 bridgehead atoms. The first-order chi connectivity index (χ1) is 16.2. The average Bonchev–Trinajstić information content (AvgIpc) is 3.22. The highest BCUT2D eigenvalue weighted by Crippen LogP contribution is 2.34. The zero-order valence-electron chi connectivity index (χ0n) is 18.0. The highest BCUT2D eigenvalue weighted by atomic mass is 32.1. The summed E-state index contributed by atoms with van der Waals surface area (Å²) in [6.45, 7) is 2.64. The third kappa shape index (κ3) is 3.41. The van der Waals surface area contributed by atoms with Gasteiger partial charge in [-0.2, -0.15) is 0 Å². The predicted molar refractivity (Wildman–Crippen MR) is 135 cm³/mol. The van der Waals surface area contributed by atoms with Crippen molar-refractivity contribution in [3.05, 3.63) is 99.2 Å². The largest absolute Gasteiger partial charge is 0.294 e. The van der Waals surface area contributed by atoms with Gasteiger partial charge in [-0.1, -0.05) is 66.7 Å². The minimum atomic E-state index is -0.0710. The lowest BCUT2D eigenvalue weighted by atomic mass is 10.0. The maximum atomic E-state index is 13.9. The van der Waals surface area contributed by atoms with Crippen molar-refractivity contribution in [2.24, 2.45) is 5.84 Å². The third-order valence-corrected chi connectivity index (χ3v) is 7.45. The van der Waals surface area contributed by atoms with E-state index in [9.17, 15) is 4.79 Å². The van der Waals surface area contributed by atoms with Crippen LogP contribution >= 0.6 is 11.3 Å². The van der Waals surface area contributed by atoms with Crippen molar-refractivity contribution in [2.45, 2.75) is 19.5 Å². The van der Waals surface area contributed by atoms with Crippen LogP contribution in [0.5, 0.6) is 0 Å². The van der Waals surface area contributed by atoms with Gasteiger partial charge in [-0.3, -0.25) is 15.1 Å². The first kappa shape index (κ1) is 20.1. The molecule has 1 aliphatic rings. The molecule has 33 heavy (non-hydrogen) atoms. The minimum absolute atomic E-state index is 0.0710. The van der Waals surface area contributed by atoms with Gasteiger partial charge in [0.2, 0.25) is 5.95 Å². The molecule has 0 radical (unpaired) electrons. The SMILES string of the molecule is NNc1nc2sc3c(c2c(=O)n1-c1cccc2ccccc12)CCN(Cc1ccccc1)C3. The second-order valence-corrected chi connectivity index (χ2v) is 9.43. The highest BCUT2D eigenvalue weighted by molar-refractivity contribution is 7.18. The molecule has 0 saturated heterocycles. The van der Waals surface area contributed by atoms with Gasteiger partial charge in [0.15, 0.2) is 0 Å². The molecule has 164 valence electrons. The summed E-state index contributed by atoms with van der Waals surface area (Å²) in [6, 6.07) is 24.5. The smallest absolute Gasteiger partial charge is 0.268 e. The number of nitrogens with zero attached hydrogens (tertiary/aromatic N) is 3. The van der Waals surface area contributed by atoms with E-state index in [-0.39, 0.29) is 5.56 Å². The number of nitrogens with one attached hydrogen (secondary N) is 1. The van der Waals surface area contributed by atoms with Crippen LogP contribution < -0.4 is 16.8 Å². The van der Waals surface area contributed by atoms with E-state index < -0.39 is 0 Å². The maximum Gasteiger partial charge on any atom is 0.268 e. The maximum absolute atomic E-state index is 13.9. The van der Waals surface area contributed by atoms with Crippen LogP contribution in [0, 0.1) is 0 Å². The molecule has 0 unspecified atom stereocenters. The topological polar surface area (TPSA) is 76.2 Å². The van der Waals surface area contributed by atoms with E-state index in [1.54, 1.807) is 15.9 Å². The van der Waals surface area contributed by atoms with Gasteiger partial charge < -0.3 is 0 Å². The minimum Gasteiger partial charge on any atom is -0.294 e. The van der Waals surface area contributed by atoms with E-state index in [1.165, 1.54) is 10.4 Å². The summed E-state index contributed by atoms with van der Waals surface area (Å²) >= 11 is 1.60. The number of nitrogens with two attached hydrogens (primary N) is 1. The summed E-state index contributed by atoms with van der Waals surface area (Å²) in [7, 11) is 0. The fraction of sp³-hybridized carbons (Fsp3) is 0.154. The molecule has 0 saturated carbocycles. The number of aromatic nitrogens is 2. The Labute approximate surface area is 194 Å². The molecule has 0 aliphatic carbocycles. The van der Waals surface area contributed by atoms with E-state index in [4.69, 9.17) is 10.8 Å². The van der Waals surface area contributed by atoms with Crippen LogP contribution in [0.1, 0.15) is 16.0 Å². The molecule has 0 fully saturated rings. The molecule has 1 aliphatic heterocycles. The standard InChI is InChI=1S/C26H23N5OS/c27-29-26-28-24-23(25(32)31(26)21-12-6-10-18-9-4-5-11-19(18)21)20-13-14-30(16-22(20)33-24)15-17-7-2-1-3-8-17/h1-12H,13-16,27H2,(H,28,29). The quantitative estimate of drug-likeness (QED) is 0.311. The van der Waals surface area contributed by atoms with Crippen molar-refractivity contribution in [1.82, 2.24) is 14.5 Å². The lowest BCUT2D eigenvalue weighted by molar-refractivity contribution is 0.249. The molecule has 3 aromatic carbocycles. The number of anilines is 1. The Balaban J connectivity index is 1.48. The lowest BCUT2D eigenvalue weighted by Gasteiger charge is -2.26. The van der Waals surface area contributed by atoms with Crippen LogP contribution in [0.15, 0.2) is 77.6 Å². The average molecular weight is 454 g/mol. The van der Waals surface area contributed by atoms with Crippen molar-refractivity contribution >= 4 is 38.3 Å².